The number of amides is 2. The molecule has 10 heteroatoms. The van der Waals surface area contributed by atoms with Crippen molar-refractivity contribution < 1.29 is 28.6 Å². The Bertz CT molecular complexity index is 1130. The molecule has 2 aromatic rings. The number of methoxy groups -OCH3 is 2. The molecule has 1 fully saturated rings. The maximum absolute atomic E-state index is 13.2. The Labute approximate surface area is 208 Å². The highest BCUT2D eigenvalue weighted by atomic mass is 32.1. The molecule has 0 N–H and O–H groups in total. The molecule has 0 spiro atoms. The maximum Gasteiger partial charge on any atom is 0.311 e. The number of ether oxygens (including phenoxy) is 3. The molecular weight excluding hydrogens is 470 g/mol. The largest absolute Gasteiger partial charge is 0.493 e. The van der Waals surface area contributed by atoms with Gasteiger partial charge in [0.2, 0.25) is 5.91 Å². The van der Waals surface area contributed by atoms with Gasteiger partial charge in [0.25, 0.3) is 5.91 Å². The third-order valence-corrected chi connectivity index (χ3v) is 7.14. The van der Waals surface area contributed by atoms with E-state index in [-0.39, 0.29) is 24.4 Å². The van der Waals surface area contributed by atoms with Crippen LogP contribution in [-0.4, -0.2) is 66.8 Å². The number of nitrogens with zero attached hydrogens (tertiary/aromatic N) is 3. The summed E-state index contributed by atoms with van der Waals surface area (Å²) < 4.78 is 16.1. The van der Waals surface area contributed by atoms with Gasteiger partial charge in [0, 0.05) is 25.4 Å². The molecule has 3 heterocycles. The van der Waals surface area contributed by atoms with Gasteiger partial charge in [-0.25, -0.2) is 5.01 Å². The molecule has 2 aliphatic heterocycles. The van der Waals surface area contributed by atoms with Gasteiger partial charge in [-0.3, -0.25) is 14.4 Å². The smallest absolute Gasteiger partial charge is 0.311 e. The zero-order valence-electron chi connectivity index (χ0n) is 20.2. The minimum absolute atomic E-state index is 0.0128. The molecule has 1 saturated heterocycles. The summed E-state index contributed by atoms with van der Waals surface area (Å²) in [5, 5.41) is 7.93. The number of likely N-dealkylation sites (tertiary alicyclic amines) is 1. The fourth-order valence-electron chi connectivity index (χ4n) is 4.36. The molecule has 9 nitrogen and oxygen atoms in total. The van der Waals surface area contributed by atoms with Crippen molar-refractivity contribution in [2.24, 2.45) is 11.0 Å². The van der Waals surface area contributed by atoms with Crippen LogP contribution in [-0.2, 0) is 19.1 Å². The van der Waals surface area contributed by atoms with Crippen LogP contribution in [0, 0.1) is 5.92 Å². The van der Waals surface area contributed by atoms with E-state index in [1.807, 2.05) is 43.5 Å². The molecule has 1 aromatic carbocycles. The predicted octanol–water partition coefficient (Wildman–Crippen LogP) is 3.24. The standard InChI is InChI=1S/C25H29N3O6S/c1-15(2)27-13-17(11-23(27)29)25(31)34-14-24(30)28-19(12-18(26-28)22-6-5-9-35-22)16-7-8-20(32-3)21(10-16)33-4/h5-10,15,17,19H,11-14H2,1-4H3. The second-order valence-corrected chi connectivity index (χ2v) is 9.69. The number of rotatable bonds is 8. The lowest BCUT2D eigenvalue weighted by molar-refractivity contribution is -0.156. The van der Waals surface area contributed by atoms with Crippen LogP contribution in [0.1, 0.15) is 43.2 Å². The first-order valence-corrected chi connectivity index (χ1v) is 12.3. The lowest BCUT2D eigenvalue weighted by Crippen LogP contribution is -2.34. The molecule has 186 valence electrons. The van der Waals surface area contributed by atoms with Crippen LogP contribution in [0.5, 0.6) is 11.5 Å². The highest BCUT2D eigenvalue weighted by Crippen LogP contribution is 2.38. The highest BCUT2D eigenvalue weighted by Gasteiger charge is 2.38. The summed E-state index contributed by atoms with van der Waals surface area (Å²) in [7, 11) is 3.12. The molecule has 0 aliphatic carbocycles. The lowest BCUT2D eigenvalue weighted by Gasteiger charge is -2.23. The molecule has 2 unspecified atom stereocenters. The third-order valence-electron chi connectivity index (χ3n) is 6.22. The molecule has 0 bridgehead atoms. The fraction of sp³-hybridized carbons (Fsp3) is 0.440. The van der Waals surface area contributed by atoms with Gasteiger partial charge in [-0.05, 0) is 43.0 Å². The van der Waals surface area contributed by atoms with Crippen LogP contribution >= 0.6 is 11.3 Å². The Morgan fingerprint density at radius 2 is 1.91 bits per heavy atom. The topological polar surface area (TPSA) is 97.7 Å². The average molecular weight is 500 g/mol. The Hall–Kier alpha value is -3.40. The zero-order valence-corrected chi connectivity index (χ0v) is 21.0. The van der Waals surface area contributed by atoms with Crippen LogP contribution in [0.15, 0.2) is 40.8 Å². The second-order valence-electron chi connectivity index (χ2n) is 8.75. The monoisotopic (exact) mass is 499 g/mol. The SMILES string of the molecule is COc1ccc(C2CC(c3cccs3)=NN2C(=O)COC(=O)C2CC(=O)N(C(C)C)C2)cc1OC. The van der Waals surface area contributed by atoms with Crippen molar-refractivity contribution >= 4 is 34.8 Å². The van der Waals surface area contributed by atoms with Gasteiger partial charge in [-0.15, -0.1) is 11.3 Å². The molecule has 2 aliphatic rings. The predicted molar refractivity (Wildman–Crippen MR) is 131 cm³/mol. The summed E-state index contributed by atoms with van der Waals surface area (Å²) in [4.78, 5) is 40.5. The molecule has 2 amide bonds. The van der Waals surface area contributed by atoms with Crippen molar-refractivity contribution in [2.75, 3.05) is 27.4 Å². The minimum Gasteiger partial charge on any atom is -0.493 e. The Morgan fingerprint density at radius 3 is 2.54 bits per heavy atom. The van der Waals surface area contributed by atoms with Crippen molar-refractivity contribution in [1.82, 2.24) is 9.91 Å². The normalized spacial score (nSPS) is 19.8. The van der Waals surface area contributed by atoms with Gasteiger partial charge in [0.05, 0.1) is 36.8 Å². The lowest BCUT2D eigenvalue weighted by atomic mass is 10.0. The van der Waals surface area contributed by atoms with Crippen LogP contribution in [0.3, 0.4) is 0 Å². The van der Waals surface area contributed by atoms with E-state index < -0.39 is 24.4 Å². The molecular formula is C25H29N3O6S. The van der Waals surface area contributed by atoms with E-state index in [1.54, 1.807) is 36.5 Å². The molecule has 4 rings (SSSR count). The summed E-state index contributed by atoms with van der Waals surface area (Å²) in [6.45, 7) is 3.67. The van der Waals surface area contributed by atoms with E-state index in [4.69, 9.17) is 14.2 Å². The summed E-state index contributed by atoms with van der Waals surface area (Å²) in [5.74, 6) is -0.487. The zero-order chi connectivity index (χ0) is 25.1. The van der Waals surface area contributed by atoms with Crippen molar-refractivity contribution in [1.29, 1.82) is 0 Å². The van der Waals surface area contributed by atoms with Crippen molar-refractivity contribution in [2.45, 2.75) is 38.8 Å². The van der Waals surface area contributed by atoms with E-state index in [0.717, 1.165) is 16.2 Å². The minimum atomic E-state index is -0.567. The highest BCUT2D eigenvalue weighted by molar-refractivity contribution is 7.12. The van der Waals surface area contributed by atoms with E-state index in [9.17, 15) is 14.4 Å². The second kappa shape index (κ2) is 10.5. The molecule has 0 radical (unpaired) electrons. The van der Waals surface area contributed by atoms with Gasteiger partial charge in [-0.2, -0.15) is 5.10 Å². The van der Waals surface area contributed by atoms with Crippen molar-refractivity contribution in [3.8, 4) is 11.5 Å². The number of benzene rings is 1. The van der Waals surface area contributed by atoms with Gasteiger partial charge in [-0.1, -0.05) is 12.1 Å². The van der Waals surface area contributed by atoms with E-state index in [1.165, 1.54) is 5.01 Å². The summed E-state index contributed by atoms with van der Waals surface area (Å²) in [5.41, 5.74) is 1.61. The maximum atomic E-state index is 13.2. The van der Waals surface area contributed by atoms with Crippen LogP contribution < -0.4 is 9.47 Å². The first kappa shape index (κ1) is 24.7. The van der Waals surface area contributed by atoms with Gasteiger partial charge < -0.3 is 19.1 Å². The first-order chi connectivity index (χ1) is 16.8. The number of hydrogen-bond acceptors (Lipinski definition) is 8. The number of hydrazone groups is 1. The fourth-order valence-corrected chi connectivity index (χ4v) is 5.08. The average Bonchev–Trinajstić information content (AvgIpc) is 3.61. The van der Waals surface area contributed by atoms with Crippen molar-refractivity contribution in [3.63, 3.8) is 0 Å². The van der Waals surface area contributed by atoms with Crippen molar-refractivity contribution in [3.05, 3.63) is 46.2 Å². The molecule has 2 atom stereocenters. The molecule has 0 saturated carbocycles. The van der Waals surface area contributed by atoms with Crippen LogP contribution in [0.4, 0.5) is 0 Å². The molecule has 1 aromatic heterocycles. The number of hydrogen-bond donors (Lipinski definition) is 0. The number of esters is 1. The Morgan fingerprint density at radius 1 is 1.14 bits per heavy atom. The summed E-state index contributed by atoms with van der Waals surface area (Å²) in [6, 6.07) is 9.01. The Kier molecular flexibility index (Phi) is 7.39. The summed E-state index contributed by atoms with van der Waals surface area (Å²) >= 11 is 1.55. The first-order valence-electron chi connectivity index (χ1n) is 11.4. The quantitative estimate of drug-likeness (QED) is 0.517. The number of carbonyl (C=O) groups excluding carboxylic acids is 3. The number of carbonyl (C=O) groups is 3. The van der Waals surface area contributed by atoms with Crippen LogP contribution in [0.2, 0.25) is 0 Å². The van der Waals surface area contributed by atoms with Gasteiger partial charge in [0.1, 0.15) is 0 Å². The summed E-state index contributed by atoms with van der Waals surface area (Å²) in [6.07, 6.45) is 0.611. The van der Waals surface area contributed by atoms with Crippen LogP contribution in [0.25, 0.3) is 0 Å². The Balaban J connectivity index is 1.50. The van der Waals surface area contributed by atoms with E-state index in [2.05, 4.69) is 5.10 Å². The van der Waals surface area contributed by atoms with Gasteiger partial charge in [0.15, 0.2) is 18.1 Å². The van der Waals surface area contributed by atoms with E-state index >= 15 is 0 Å². The number of thiophene rings is 1. The van der Waals surface area contributed by atoms with E-state index in [0.29, 0.717) is 24.5 Å². The third kappa shape index (κ3) is 5.17. The van der Waals surface area contributed by atoms with Gasteiger partial charge >= 0.3 is 5.97 Å². The molecule has 35 heavy (non-hydrogen) atoms.